The first-order chi connectivity index (χ1) is 6.46. The van der Waals surface area contributed by atoms with E-state index in [1.807, 2.05) is 6.92 Å². The topological polar surface area (TPSA) is 52.6 Å². The Labute approximate surface area is 84.6 Å². The van der Waals surface area contributed by atoms with Crippen molar-refractivity contribution in [1.82, 2.24) is 0 Å². The Hall–Kier alpha value is -0.900. The molecule has 0 radical (unpaired) electrons. The monoisotopic (exact) mass is 202 g/mol. The summed E-state index contributed by atoms with van der Waals surface area (Å²) in [7, 11) is 1.47. The number of carbonyl (C=O) groups is 2. The summed E-state index contributed by atoms with van der Waals surface area (Å²) >= 11 is 0. The van der Waals surface area contributed by atoms with Gasteiger partial charge in [0.1, 0.15) is 0 Å². The summed E-state index contributed by atoms with van der Waals surface area (Å²) in [5.74, 6) is -0.564. The number of Topliss-reactive ketones (excluding diaryl/α,β-unsaturated/α-hetero) is 1. The van der Waals surface area contributed by atoms with Gasteiger partial charge in [0.2, 0.25) is 0 Å². The molecule has 82 valence electrons. The normalized spacial score (nSPS) is 14.6. The molecule has 4 heteroatoms. The summed E-state index contributed by atoms with van der Waals surface area (Å²) in [6.45, 7) is 4.92. The molecule has 0 N–H and O–H groups in total. The van der Waals surface area contributed by atoms with Gasteiger partial charge in [-0.1, -0.05) is 6.92 Å². The van der Waals surface area contributed by atoms with E-state index in [-0.39, 0.29) is 18.4 Å². The molecule has 0 aliphatic heterocycles. The summed E-state index contributed by atoms with van der Waals surface area (Å²) in [5.41, 5.74) is -1.14. The van der Waals surface area contributed by atoms with Gasteiger partial charge in [0.05, 0.1) is 6.61 Å². The minimum Gasteiger partial charge on any atom is -0.449 e. The lowest BCUT2D eigenvalue weighted by atomic mass is 10.0. The van der Waals surface area contributed by atoms with Crippen LogP contribution in [0.3, 0.4) is 0 Å². The summed E-state index contributed by atoms with van der Waals surface area (Å²) in [5, 5.41) is 0. The van der Waals surface area contributed by atoms with Gasteiger partial charge in [-0.3, -0.25) is 9.59 Å². The van der Waals surface area contributed by atoms with Crippen LogP contribution in [0.5, 0.6) is 0 Å². The Morgan fingerprint density at radius 2 is 1.93 bits per heavy atom. The molecule has 0 aliphatic rings. The van der Waals surface area contributed by atoms with E-state index in [0.717, 1.165) is 0 Å². The van der Waals surface area contributed by atoms with Gasteiger partial charge in [0.25, 0.3) is 0 Å². The SMILES string of the molecule is CCCC(=O)OC(C)(COC)C(C)=O. The predicted octanol–water partition coefficient (Wildman–Crippen LogP) is 1.32. The van der Waals surface area contributed by atoms with Crippen molar-refractivity contribution in [2.45, 2.75) is 39.2 Å². The molecule has 0 amide bonds. The molecule has 4 nitrogen and oxygen atoms in total. The number of rotatable bonds is 6. The maximum Gasteiger partial charge on any atom is 0.306 e. The third-order valence-electron chi connectivity index (χ3n) is 1.96. The second-order valence-electron chi connectivity index (χ2n) is 3.44. The molecule has 0 aromatic heterocycles. The van der Waals surface area contributed by atoms with Gasteiger partial charge >= 0.3 is 5.97 Å². The van der Waals surface area contributed by atoms with Gasteiger partial charge in [0.15, 0.2) is 11.4 Å². The van der Waals surface area contributed by atoms with Crippen molar-refractivity contribution < 1.29 is 19.1 Å². The molecule has 0 rings (SSSR count). The van der Waals surface area contributed by atoms with Gasteiger partial charge in [-0.05, 0) is 20.3 Å². The van der Waals surface area contributed by atoms with Crippen LogP contribution in [-0.2, 0) is 19.1 Å². The number of hydrogen-bond donors (Lipinski definition) is 0. The fourth-order valence-corrected chi connectivity index (χ4v) is 0.985. The second-order valence-corrected chi connectivity index (χ2v) is 3.44. The van der Waals surface area contributed by atoms with Crippen molar-refractivity contribution in [3.8, 4) is 0 Å². The van der Waals surface area contributed by atoms with Gasteiger partial charge in [-0.2, -0.15) is 0 Å². The van der Waals surface area contributed by atoms with Crippen molar-refractivity contribution in [3.05, 3.63) is 0 Å². The van der Waals surface area contributed by atoms with Crippen LogP contribution < -0.4 is 0 Å². The number of carbonyl (C=O) groups excluding carboxylic acids is 2. The highest BCUT2D eigenvalue weighted by atomic mass is 16.6. The highest BCUT2D eigenvalue weighted by Gasteiger charge is 2.33. The summed E-state index contributed by atoms with van der Waals surface area (Å²) < 4.78 is 9.92. The van der Waals surface area contributed by atoms with Crippen LogP contribution in [0, 0.1) is 0 Å². The molecule has 0 saturated carbocycles. The highest BCUT2D eigenvalue weighted by molar-refractivity contribution is 5.87. The third-order valence-corrected chi connectivity index (χ3v) is 1.96. The molecule has 0 saturated heterocycles. The number of hydrogen-bond acceptors (Lipinski definition) is 4. The van der Waals surface area contributed by atoms with Gasteiger partial charge < -0.3 is 9.47 Å². The summed E-state index contributed by atoms with van der Waals surface area (Å²) in [4.78, 5) is 22.4. The van der Waals surface area contributed by atoms with E-state index in [0.29, 0.717) is 12.8 Å². The van der Waals surface area contributed by atoms with Crippen molar-refractivity contribution in [1.29, 1.82) is 0 Å². The first-order valence-corrected chi connectivity index (χ1v) is 4.68. The van der Waals surface area contributed by atoms with Gasteiger partial charge in [0, 0.05) is 13.5 Å². The van der Waals surface area contributed by atoms with Gasteiger partial charge in [-0.15, -0.1) is 0 Å². The maximum atomic E-state index is 11.2. The van der Waals surface area contributed by atoms with E-state index in [1.54, 1.807) is 6.92 Å². The average molecular weight is 202 g/mol. The minimum atomic E-state index is -1.14. The molecule has 0 heterocycles. The number of ketones is 1. The van der Waals surface area contributed by atoms with E-state index in [9.17, 15) is 9.59 Å². The zero-order valence-corrected chi connectivity index (χ0v) is 9.25. The van der Waals surface area contributed by atoms with Crippen LogP contribution in [0.4, 0.5) is 0 Å². The predicted molar refractivity (Wildman–Crippen MR) is 52.0 cm³/mol. The zero-order chi connectivity index (χ0) is 11.2. The van der Waals surface area contributed by atoms with E-state index in [4.69, 9.17) is 9.47 Å². The Balaban J connectivity index is 4.36. The van der Waals surface area contributed by atoms with Crippen LogP contribution in [0.25, 0.3) is 0 Å². The first kappa shape index (κ1) is 13.1. The van der Waals surface area contributed by atoms with Crippen molar-refractivity contribution >= 4 is 11.8 Å². The smallest absolute Gasteiger partial charge is 0.306 e. The molecule has 1 atom stereocenters. The lowest BCUT2D eigenvalue weighted by molar-refractivity contribution is -0.170. The second kappa shape index (κ2) is 5.75. The van der Waals surface area contributed by atoms with Crippen molar-refractivity contribution in [3.63, 3.8) is 0 Å². The summed E-state index contributed by atoms with van der Waals surface area (Å²) in [6, 6.07) is 0. The molecule has 1 unspecified atom stereocenters. The lowest BCUT2D eigenvalue weighted by Gasteiger charge is -2.25. The zero-order valence-electron chi connectivity index (χ0n) is 9.25. The molecule has 0 fully saturated rings. The van der Waals surface area contributed by atoms with Crippen LogP contribution in [-0.4, -0.2) is 31.1 Å². The van der Waals surface area contributed by atoms with Crippen LogP contribution in [0.1, 0.15) is 33.6 Å². The van der Waals surface area contributed by atoms with E-state index >= 15 is 0 Å². The molecule has 0 aliphatic carbocycles. The Morgan fingerprint density at radius 3 is 2.29 bits per heavy atom. The van der Waals surface area contributed by atoms with Gasteiger partial charge in [-0.25, -0.2) is 0 Å². The molecule has 0 aromatic rings. The quantitative estimate of drug-likeness (QED) is 0.610. The van der Waals surface area contributed by atoms with Crippen molar-refractivity contribution in [2.24, 2.45) is 0 Å². The molecular formula is C10H18O4. The number of ether oxygens (including phenoxy) is 2. The lowest BCUT2D eigenvalue weighted by Crippen LogP contribution is -2.43. The van der Waals surface area contributed by atoms with Crippen molar-refractivity contribution in [2.75, 3.05) is 13.7 Å². The highest BCUT2D eigenvalue weighted by Crippen LogP contribution is 2.14. The maximum absolute atomic E-state index is 11.2. The average Bonchev–Trinajstić information content (AvgIpc) is 2.04. The Bertz CT molecular complexity index is 212. The number of methoxy groups -OCH3 is 1. The fraction of sp³-hybridized carbons (Fsp3) is 0.800. The largest absolute Gasteiger partial charge is 0.449 e. The third kappa shape index (κ3) is 3.87. The van der Waals surface area contributed by atoms with E-state index in [2.05, 4.69) is 0 Å². The fourth-order valence-electron chi connectivity index (χ4n) is 0.985. The standard InChI is InChI=1S/C10H18O4/c1-5-6-9(12)14-10(3,7-13-4)8(2)11/h5-7H2,1-4H3. The van der Waals surface area contributed by atoms with E-state index < -0.39 is 5.60 Å². The Kier molecular flexibility index (Phi) is 5.38. The molecule has 0 spiro atoms. The van der Waals surface area contributed by atoms with Crippen LogP contribution in [0.2, 0.25) is 0 Å². The molecule has 0 bridgehead atoms. The van der Waals surface area contributed by atoms with E-state index in [1.165, 1.54) is 14.0 Å². The minimum absolute atomic E-state index is 0.0950. The van der Waals surface area contributed by atoms with Crippen LogP contribution in [0.15, 0.2) is 0 Å². The van der Waals surface area contributed by atoms with Crippen LogP contribution >= 0.6 is 0 Å². The Morgan fingerprint density at radius 1 is 1.36 bits per heavy atom. The molecule has 14 heavy (non-hydrogen) atoms. The first-order valence-electron chi connectivity index (χ1n) is 4.68. The number of esters is 1. The molecular weight excluding hydrogens is 184 g/mol. The molecule has 0 aromatic carbocycles. The summed E-state index contributed by atoms with van der Waals surface area (Å²) in [6.07, 6.45) is 1.03.